The number of nitrogens with two attached hydrogens (primary N) is 1. The van der Waals surface area contributed by atoms with E-state index in [1.165, 1.54) is 12.5 Å². The molecule has 2 N–H and O–H groups in total. The normalized spacial score (nSPS) is 28.1. The summed E-state index contributed by atoms with van der Waals surface area (Å²) in [6, 6.07) is 4.66. The Balaban J connectivity index is 2.46. The lowest BCUT2D eigenvalue weighted by molar-refractivity contribution is 0.179. The molecule has 100 valence electrons. The molecule has 0 aromatic heterocycles. The van der Waals surface area contributed by atoms with Crippen LogP contribution in [0.4, 0.5) is 4.39 Å². The molecule has 0 bridgehead atoms. The van der Waals surface area contributed by atoms with E-state index < -0.39 is 5.54 Å². The molecule has 1 fully saturated rings. The minimum absolute atomic E-state index is 0.240. The molecule has 2 unspecified atom stereocenters. The molecule has 0 aliphatic heterocycles. The van der Waals surface area contributed by atoms with Crippen molar-refractivity contribution in [3.05, 3.63) is 29.6 Å². The van der Waals surface area contributed by atoms with Crippen LogP contribution in [0.15, 0.2) is 18.2 Å². The summed E-state index contributed by atoms with van der Waals surface area (Å²) >= 11 is 0. The first kappa shape index (κ1) is 13.3. The van der Waals surface area contributed by atoms with Gasteiger partial charge in [0.25, 0.3) is 0 Å². The summed E-state index contributed by atoms with van der Waals surface area (Å²) in [5, 5.41) is 0. The number of hydrogen-bond donors (Lipinski definition) is 1. The first-order valence-electron chi connectivity index (χ1n) is 6.74. The quantitative estimate of drug-likeness (QED) is 0.891. The van der Waals surface area contributed by atoms with Crippen molar-refractivity contribution < 1.29 is 9.13 Å². The lowest BCUT2D eigenvalue weighted by Gasteiger charge is -2.42. The van der Waals surface area contributed by atoms with Crippen molar-refractivity contribution in [2.24, 2.45) is 11.7 Å². The van der Waals surface area contributed by atoms with Gasteiger partial charge in [-0.05, 0) is 37.0 Å². The van der Waals surface area contributed by atoms with Crippen LogP contribution in [-0.4, -0.2) is 7.11 Å². The molecule has 0 saturated heterocycles. The highest BCUT2D eigenvalue weighted by molar-refractivity contribution is 5.40. The van der Waals surface area contributed by atoms with Crippen molar-refractivity contribution in [1.82, 2.24) is 0 Å². The minimum Gasteiger partial charge on any atom is -0.496 e. The third-order valence-corrected chi connectivity index (χ3v) is 4.28. The molecule has 18 heavy (non-hydrogen) atoms. The highest BCUT2D eigenvalue weighted by Gasteiger charge is 2.39. The molecule has 2 rings (SSSR count). The van der Waals surface area contributed by atoms with E-state index in [1.54, 1.807) is 19.2 Å². The van der Waals surface area contributed by atoms with Gasteiger partial charge in [-0.3, -0.25) is 0 Å². The van der Waals surface area contributed by atoms with E-state index in [0.717, 1.165) is 31.2 Å². The molecule has 2 atom stereocenters. The van der Waals surface area contributed by atoms with E-state index in [4.69, 9.17) is 10.5 Å². The molecule has 0 amide bonds. The zero-order valence-corrected chi connectivity index (χ0v) is 11.2. The molecular weight excluding hydrogens is 229 g/mol. The van der Waals surface area contributed by atoms with Crippen molar-refractivity contribution in [3.8, 4) is 5.75 Å². The van der Waals surface area contributed by atoms with E-state index in [9.17, 15) is 4.39 Å². The Morgan fingerprint density at radius 2 is 2.22 bits per heavy atom. The second-order valence-corrected chi connectivity index (χ2v) is 5.24. The number of halogens is 1. The summed E-state index contributed by atoms with van der Waals surface area (Å²) in [5.41, 5.74) is 7.02. The van der Waals surface area contributed by atoms with Gasteiger partial charge in [0, 0.05) is 11.1 Å². The predicted octanol–water partition coefficient (Wildman–Crippen LogP) is 3.59. The van der Waals surface area contributed by atoms with Gasteiger partial charge in [-0.2, -0.15) is 0 Å². The van der Waals surface area contributed by atoms with Crippen molar-refractivity contribution >= 4 is 0 Å². The Morgan fingerprint density at radius 3 is 2.89 bits per heavy atom. The number of methoxy groups -OCH3 is 1. The zero-order valence-electron chi connectivity index (χ0n) is 11.2. The van der Waals surface area contributed by atoms with E-state index in [-0.39, 0.29) is 5.82 Å². The van der Waals surface area contributed by atoms with Crippen molar-refractivity contribution in [3.63, 3.8) is 0 Å². The highest BCUT2D eigenvalue weighted by Crippen LogP contribution is 2.44. The third-order valence-electron chi connectivity index (χ3n) is 4.28. The van der Waals surface area contributed by atoms with E-state index in [2.05, 4.69) is 6.92 Å². The molecule has 0 spiro atoms. The lowest BCUT2D eigenvalue weighted by Crippen LogP contribution is -2.46. The fourth-order valence-corrected chi connectivity index (χ4v) is 3.24. The molecular formula is C15H22FNO. The smallest absolute Gasteiger partial charge is 0.124 e. The zero-order chi connectivity index (χ0) is 13.2. The van der Waals surface area contributed by atoms with Gasteiger partial charge in [-0.1, -0.05) is 26.2 Å². The van der Waals surface area contributed by atoms with Crippen LogP contribution in [0.2, 0.25) is 0 Å². The van der Waals surface area contributed by atoms with Gasteiger partial charge in [0.1, 0.15) is 11.6 Å². The predicted molar refractivity (Wildman–Crippen MR) is 71.1 cm³/mol. The summed E-state index contributed by atoms with van der Waals surface area (Å²) < 4.78 is 18.9. The fourth-order valence-electron chi connectivity index (χ4n) is 3.24. The van der Waals surface area contributed by atoms with E-state index in [1.807, 2.05) is 0 Å². The molecule has 2 nitrogen and oxygen atoms in total. The van der Waals surface area contributed by atoms with Crippen LogP contribution in [0, 0.1) is 11.7 Å². The summed E-state index contributed by atoms with van der Waals surface area (Å²) in [4.78, 5) is 0. The molecule has 1 aliphatic rings. The Morgan fingerprint density at radius 1 is 1.44 bits per heavy atom. The van der Waals surface area contributed by atoms with Crippen LogP contribution < -0.4 is 10.5 Å². The minimum atomic E-state index is -0.444. The van der Waals surface area contributed by atoms with Gasteiger partial charge >= 0.3 is 0 Å². The molecule has 1 aromatic rings. The fraction of sp³-hybridized carbons (Fsp3) is 0.600. The molecule has 1 aromatic carbocycles. The maximum atomic E-state index is 13.5. The van der Waals surface area contributed by atoms with Gasteiger partial charge in [-0.25, -0.2) is 4.39 Å². The summed E-state index contributed by atoms with van der Waals surface area (Å²) in [6.45, 7) is 2.16. The summed E-state index contributed by atoms with van der Waals surface area (Å²) in [5.74, 6) is 0.872. The topological polar surface area (TPSA) is 35.2 Å². The number of hydrogen-bond acceptors (Lipinski definition) is 2. The lowest BCUT2D eigenvalue weighted by atomic mass is 9.68. The van der Waals surface area contributed by atoms with Crippen molar-refractivity contribution in [2.45, 2.75) is 44.6 Å². The number of benzene rings is 1. The summed E-state index contributed by atoms with van der Waals surface area (Å²) in [6.07, 6.45) is 5.37. The van der Waals surface area contributed by atoms with Crippen LogP contribution >= 0.6 is 0 Å². The highest BCUT2D eigenvalue weighted by atomic mass is 19.1. The first-order valence-corrected chi connectivity index (χ1v) is 6.74. The van der Waals surface area contributed by atoms with E-state index >= 15 is 0 Å². The van der Waals surface area contributed by atoms with Crippen molar-refractivity contribution in [1.29, 1.82) is 0 Å². The summed E-state index contributed by atoms with van der Waals surface area (Å²) in [7, 11) is 1.61. The van der Waals surface area contributed by atoms with Gasteiger partial charge in [-0.15, -0.1) is 0 Å². The van der Waals surface area contributed by atoms with Gasteiger partial charge in [0.15, 0.2) is 0 Å². The maximum Gasteiger partial charge on any atom is 0.124 e. The molecule has 0 heterocycles. The van der Waals surface area contributed by atoms with Crippen LogP contribution in [-0.2, 0) is 5.54 Å². The average Bonchev–Trinajstić information content (AvgIpc) is 2.39. The van der Waals surface area contributed by atoms with Crippen LogP contribution in [0.3, 0.4) is 0 Å². The van der Waals surface area contributed by atoms with Crippen LogP contribution in [0.25, 0.3) is 0 Å². The van der Waals surface area contributed by atoms with Gasteiger partial charge in [0.2, 0.25) is 0 Å². The molecule has 1 saturated carbocycles. The Hall–Kier alpha value is -1.09. The second kappa shape index (κ2) is 5.27. The van der Waals surface area contributed by atoms with Crippen LogP contribution in [0.5, 0.6) is 5.75 Å². The third kappa shape index (κ3) is 2.24. The van der Waals surface area contributed by atoms with Gasteiger partial charge in [0.05, 0.1) is 7.11 Å². The molecule has 0 radical (unpaired) electrons. The van der Waals surface area contributed by atoms with E-state index in [0.29, 0.717) is 11.7 Å². The maximum absolute atomic E-state index is 13.5. The average molecular weight is 251 g/mol. The second-order valence-electron chi connectivity index (χ2n) is 5.24. The Labute approximate surface area is 108 Å². The molecule has 1 aliphatic carbocycles. The van der Waals surface area contributed by atoms with Crippen LogP contribution in [0.1, 0.15) is 44.6 Å². The SMILES string of the molecule is CCC1CCCCC1(N)c1cc(F)ccc1OC. The molecule has 3 heteroatoms. The number of ether oxygens (including phenoxy) is 1. The largest absolute Gasteiger partial charge is 0.496 e. The standard InChI is InChI=1S/C15H22FNO/c1-3-11-6-4-5-9-15(11,17)13-10-12(16)7-8-14(13)18-2/h7-8,10-11H,3-6,9,17H2,1-2H3. The Kier molecular flexibility index (Phi) is 3.91. The van der Waals surface area contributed by atoms with Crippen molar-refractivity contribution in [2.75, 3.05) is 7.11 Å². The number of rotatable bonds is 3. The monoisotopic (exact) mass is 251 g/mol. The van der Waals surface area contributed by atoms with Gasteiger partial charge < -0.3 is 10.5 Å². The first-order chi connectivity index (χ1) is 8.61. The Bertz CT molecular complexity index is 421.